The van der Waals surface area contributed by atoms with Gasteiger partial charge in [0, 0.05) is 7.05 Å². The Labute approximate surface area is 100 Å². The zero-order valence-corrected chi connectivity index (χ0v) is 10.5. The summed E-state index contributed by atoms with van der Waals surface area (Å²) in [5.41, 5.74) is 8.18. The molecule has 1 aromatic carbocycles. The zero-order valence-electron chi connectivity index (χ0n) is 9.79. The van der Waals surface area contributed by atoms with E-state index in [9.17, 15) is 0 Å². The van der Waals surface area contributed by atoms with E-state index in [0.29, 0.717) is 16.8 Å². The average Bonchev–Trinajstić information content (AvgIpc) is 2.55. The van der Waals surface area contributed by atoms with Crippen molar-refractivity contribution in [2.24, 2.45) is 7.05 Å². The molecule has 0 radical (unpaired) electrons. The monoisotopic (exact) mass is 237 g/mol. The fraction of sp³-hybridized carbons (Fsp3) is 0.417. The lowest BCUT2D eigenvalue weighted by Gasteiger charge is -2.12. The summed E-state index contributed by atoms with van der Waals surface area (Å²) in [5, 5.41) is 5.79. The summed E-state index contributed by atoms with van der Waals surface area (Å²) in [6.07, 6.45) is 1.09. The molecule has 0 amide bonds. The Hall–Kier alpha value is -1.22. The van der Waals surface area contributed by atoms with E-state index in [1.54, 1.807) is 0 Å². The van der Waals surface area contributed by atoms with Gasteiger partial charge < -0.3 is 5.73 Å². The first-order valence-electron chi connectivity index (χ1n) is 5.46. The van der Waals surface area contributed by atoms with Crippen molar-refractivity contribution in [3.05, 3.63) is 22.7 Å². The van der Waals surface area contributed by atoms with Crippen LogP contribution in [0.25, 0.3) is 10.9 Å². The van der Waals surface area contributed by atoms with Gasteiger partial charge in [-0.2, -0.15) is 5.10 Å². The molecule has 0 aliphatic rings. The van der Waals surface area contributed by atoms with Gasteiger partial charge in [-0.1, -0.05) is 31.5 Å². The van der Waals surface area contributed by atoms with E-state index in [0.717, 1.165) is 17.3 Å². The molecule has 0 bridgehead atoms. The summed E-state index contributed by atoms with van der Waals surface area (Å²) < 4.78 is 1.82. The standard InChI is InChI=1S/C12H16ClN3/c1-4-7(2)8-5-6-9(13)10-11(8)16(3)15-12(10)14/h5-7H,4H2,1-3H3,(H2,14,15). The van der Waals surface area contributed by atoms with Crippen molar-refractivity contribution in [3.8, 4) is 0 Å². The molecule has 86 valence electrons. The predicted octanol–water partition coefficient (Wildman–Crippen LogP) is 3.32. The van der Waals surface area contributed by atoms with Gasteiger partial charge >= 0.3 is 0 Å². The van der Waals surface area contributed by atoms with Crippen LogP contribution in [-0.2, 0) is 7.05 Å². The Morgan fingerprint density at radius 2 is 2.19 bits per heavy atom. The van der Waals surface area contributed by atoms with Crippen molar-refractivity contribution in [1.82, 2.24) is 9.78 Å². The average molecular weight is 238 g/mol. The second-order valence-corrected chi connectivity index (χ2v) is 4.59. The zero-order chi connectivity index (χ0) is 11.9. The smallest absolute Gasteiger partial charge is 0.154 e. The minimum absolute atomic E-state index is 0.481. The fourth-order valence-corrected chi connectivity index (χ4v) is 2.30. The minimum atomic E-state index is 0.481. The quantitative estimate of drug-likeness (QED) is 0.871. The summed E-state index contributed by atoms with van der Waals surface area (Å²) in [7, 11) is 1.90. The Kier molecular flexibility index (Phi) is 2.80. The number of anilines is 1. The van der Waals surface area contributed by atoms with Gasteiger partial charge in [0.05, 0.1) is 15.9 Å². The lowest BCUT2D eigenvalue weighted by atomic mass is 9.96. The first kappa shape index (κ1) is 11.3. The number of halogens is 1. The van der Waals surface area contributed by atoms with Gasteiger partial charge in [-0.3, -0.25) is 4.68 Å². The molecule has 1 heterocycles. The molecule has 3 nitrogen and oxygen atoms in total. The van der Waals surface area contributed by atoms with Gasteiger partial charge in [-0.25, -0.2) is 0 Å². The number of aromatic nitrogens is 2. The number of nitrogen functional groups attached to an aromatic ring is 1. The first-order chi connectivity index (χ1) is 7.56. The van der Waals surface area contributed by atoms with Crippen molar-refractivity contribution in [1.29, 1.82) is 0 Å². The number of hydrogen-bond acceptors (Lipinski definition) is 2. The molecule has 0 saturated carbocycles. The molecule has 2 rings (SSSR count). The highest BCUT2D eigenvalue weighted by Crippen LogP contribution is 2.34. The highest BCUT2D eigenvalue weighted by atomic mass is 35.5. The third-order valence-electron chi connectivity index (χ3n) is 3.14. The summed E-state index contributed by atoms with van der Waals surface area (Å²) in [4.78, 5) is 0. The van der Waals surface area contributed by atoms with Crippen molar-refractivity contribution >= 4 is 28.3 Å². The second-order valence-electron chi connectivity index (χ2n) is 4.18. The molecule has 0 aliphatic heterocycles. The van der Waals surface area contributed by atoms with E-state index < -0.39 is 0 Å². The van der Waals surface area contributed by atoms with Gasteiger partial charge in [0.2, 0.25) is 0 Å². The van der Waals surface area contributed by atoms with E-state index in [-0.39, 0.29) is 0 Å². The Bertz CT molecular complexity index is 531. The van der Waals surface area contributed by atoms with Crippen LogP contribution in [0.15, 0.2) is 12.1 Å². The lowest BCUT2D eigenvalue weighted by molar-refractivity contribution is 0.724. The molecule has 1 unspecified atom stereocenters. The highest BCUT2D eigenvalue weighted by Gasteiger charge is 2.16. The van der Waals surface area contributed by atoms with Gasteiger partial charge in [0.1, 0.15) is 0 Å². The number of aryl methyl sites for hydroxylation is 1. The molecule has 1 atom stereocenters. The summed E-state index contributed by atoms with van der Waals surface area (Å²) in [6, 6.07) is 3.98. The second kappa shape index (κ2) is 3.98. The Balaban J connectivity index is 2.82. The molecule has 0 spiro atoms. The highest BCUT2D eigenvalue weighted by molar-refractivity contribution is 6.36. The van der Waals surface area contributed by atoms with E-state index in [1.165, 1.54) is 5.56 Å². The van der Waals surface area contributed by atoms with Crippen LogP contribution in [-0.4, -0.2) is 9.78 Å². The molecule has 1 aromatic heterocycles. The molecule has 16 heavy (non-hydrogen) atoms. The van der Waals surface area contributed by atoms with Crippen molar-refractivity contribution in [2.75, 3.05) is 5.73 Å². The molecular formula is C12H16ClN3. The summed E-state index contributed by atoms with van der Waals surface area (Å²) in [6.45, 7) is 4.37. The number of benzene rings is 1. The topological polar surface area (TPSA) is 43.8 Å². The van der Waals surface area contributed by atoms with E-state index in [4.69, 9.17) is 17.3 Å². The molecule has 0 aliphatic carbocycles. The van der Waals surface area contributed by atoms with E-state index in [2.05, 4.69) is 25.0 Å². The van der Waals surface area contributed by atoms with Crippen LogP contribution in [0.4, 0.5) is 5.82 Å². The largest absolute Gasteiger partial charge is 0.382 e. The first-order valence-corrected chi connectivity index (χ1v) is 5.84. The van der Waals surface area contributed by atoms with Gasteiger partial charge in [-0.15, -0.1) is 0 Å². The maximum atomic E-state index is 6.16. The van der Waals surface area contributed by atoms with Crippen LogP contribution in [0.5, 0.6) is 0 Å². The molecule has 2 aromatic rings. The number of nitrogens with zero attached hydrogens (tertiary/aromatic N) is 2. The van der Waals surface area contributed by atoms with Crippen molar-refractivity contribution < 1.29 is 0 Å². The fourth-order valence-electron chi connectivity index (χ4n) is 2.05. The van der Waals surface area contributed by atoms with Gasteiger partial charge in [0.25, 0.3) is 0 Å². The van der Waals surface area contributed by atoms with Crippen LogP contribution in [0.2, 0.25) is 5.02 Å². The van der Waals surface area contributed by atoms with Gasteiger partial charge in [-0.05, 0) is 24.0 Å². The van der Waals surface area contributed by atoms with E-state index >= 15 is 0 Å². The van der Waals surface area contributed by atoms with Crippen molar-refractivity contribution in [3.63, 3.8) is 0 Å². The maximum absolute atomic E-state index is 6.16. The molecule has 4 heteroatoms. The van der Waals surface area contributed by atoms with Crippen LogP contribution in [0.3, 0.4) is 0 Å². The van der Waals surface area contributed by atoms with Crippen LogP contribution < -0.4 is 5.73 Å². The summed E-state index contributed by atoms with van der Waals surface area (Å²) in [5.74, 6) is 0.988. The third-order valence-corrected chi connectivity index (χ3v) is 3.45. The third kappa shape index (κ3) is 1.55. The number of hydrogen-bond donors (Lipinski definition) is 1. The molecule has 0 saturated heterocycles. The predicted molar refractivity (Wildman–Crippen MR) is 68.8 cm³/mol. The van der Waals surface area contributed by atoms with Crippen LogP contribution >= 0.6 is 11.6 Å². The maximum Gasteiger partial charge on any atom is 0.154 e. The van der Waals surface area contributed by atoms with Crippen LogP contribution in [0.1, 0.15) is 31.7 Å². The summed E-state index contributed by atoms with van der Waals surface area (Å²) >= 11 is 6.16. The Morgan fingerprint density at radius 1 is 1.50 bits per heavy atom. The van der Waals surface area contributed by atoms with E-state index in [1.807, 2.05) is 17.8 Å². The molecule has 0 fully saturated rings. The molecule has 2 N–H and O–H groups in total. The number of nitrogens with two attached hydrogens (primary N) is 1. The SMILES string of the molecule is CCC(C)c1ccc(Cl)c2c(N)nn(C)c12. The van der Waals surface area contributed by atoms with Crippen molar-refractivity contribution in [2.45, 2.75) is 26.2 Å². The Morgan fingerprint density at radius 3 is 2.81 bits per heavy atom. The number of rotatable bonds is 2. The molecular weight excluding hydrogens is 222 g/mol. The lowest BCUT2D eigenvalue weighted by Crippen LogP contribution is -1.98. The normalized spacial score (nSPS) is 13.2. The number of fused-ring (bicyclic) bond motifs is 1. The van der Waals surface area contributed by atoms with Gasteiger partial charge in [0.15, 0.2) is 5.82 Å². The van der Waals surface area contributed by atoms with Crippen LogP contribution in [0, 0.1) is 0 Å². The minimum Gasteiger partial charge on any atom is -0.382 e.